The molecule has 1 aromatic carbocycles. The average Bonchev–Trinajstić information content (AvgIpc) is 3.79. The Morgan fingerprint density at radius 3 is 2.43 bits per heavy atom. The maximum Gasteiger partial charge on any atom is 0.354 e. The van der Waals surface area contributed by atoms with Crippen LogP contribution in [-0.4, -0.2) is 45.5 Å². The molecule has 4 aliphatic carbocycles. The Labute approximate surface area is 262 Å². The molecule has 0 spiro atoms. The standard InChI is InChI=1S/C32H30Cl2FN3O6/c1-41-25-12-24(30(39)40)37-27-19(25)10-18(11-23(27)35)42-16-31-4-7-32(8-5-31,9-6-31)43-15-20-28(38-44-29(20)17-2-3-17)26-21(33)13-36-14-22(26)34/h10-14,17H,2-9,15-16H2,1H3,(H,39,40). The molecule has 4 fully saturated rings. The molecule has 2 bridgehead atoms. The molecule has 3 heterocycles. The lowest BCUT2D eigenvalue weighted by atomic mass is 9.59. The molecule has 0 unspecified atom stereocenters. The fraction of sp³-hybridized carbons (Fsp3) is 0.438. The van der Waals surface area contributed by atoms with Crippen molar-refractivity contribution in [2.75, 3.05) is 13.7 Å². The predicted octanol–water partition coefficient (Wildman–Crippen LogP) is 8.00. The third-order valence-electron chi connectivity index (χ3n) is 9.50. The summed E-state index contributed by atoms with van der Waals surface area (Å²) in [4.78, 5) is 19.4. The zero-order valence-electron chi connectivity index (χ0n) is 24.0. The molecule has 230 valence electrons. The van der Waals surface area contributed by atoms with Crippen LogP contribution in [0.4, 0.5) is 4.39 Å². The van der Waals surface area contributed by atoms with Gasteiger partial charge in [0.15, 0.2) is 11.5 Å². The first kappa shape index (κ1) is 29.3. The number of carbonyl (C=O) groups is 1. The van der Waals surface area contributed by atoms with Crippen molar-refractivity contribution >= 4 is 40.1 Å². The zero-order valence-corrected chi connectivity index (χ0v) is 25.5. The maximum absolute atomic E-state index is 15.0. The second-order valence-corrected chi connectivity index (χ2v) is 13.0. The summed E-state index contributed by atoms with van der Waals surface area (Å²) in [7, 11) is 1.41. The van der Waals surface area contributed by atoms with Crippen molar-refractivity contribution in [2.45, 2.75) is 69.5 Å². The minimum absolute atomic E-state index is 0.0360. The summed E-state index contributed by atoms with van der Waals surface area (Å²) >= 11 is 13.0. The number of hydrogen-bond acceptors (Lipinski definition) is 8. The number of benzene rings is 1. The van der Waals surface area contributed by atoms with Crippen LogP contribution in [0.1, 0.15) is 79.1 Å². The first-order chi connectivity index (χ1) is 21.2. The number of carboxylic acids is 1. The van der Waals surface area contributed by atoms with Gasteiger partial charge in [-0.2, -0.15) is 0 Å². The van der Waals surface area contributed by atoms with Crippen LogP contribution in [0.5, 0.6) is 11.5 Å². The van der Waals surface area contributed by atoms with Gasteiger partial charge in [0.25, 0.3) is 0 Å². The van der Waals surface area contributed by atoms with Gasteiger partial charge in [-0.15, -0.1) is 0 Å². The first-order valence-electron chi connectivity index (χ1n) is 14.7. The van der Waals surface area contributed by atoms with Gasteiger partial charge < -0.3 is 23.8 Å². The number of halogens is 3. The highest BCUT2D eigenvalue weighted by atomic mass is 35.5. The number of aromatic carboxylic acids is 1. The van der Waals surface area contributed by atoms with Gasteiger partial charge in [0, 0.05) is 52.4 Å². The number of nitrogens with zero attached hydrogens (tertiary/aromatic N) is 3. The SMILES string of the molecule is COc1cc(C(=O)O)nc2c(F)cc(OCC34CCC(OCc5c(-c6c(Cl)cncc6Cl)noc5C5CC5)(CC3)CC4)cc12. The number of hydrogen-bond donors (Lipinski definition) is 1. The zero-order chi connectivity index (χ0) is 30.6. The molecule has 0 saturated heterocycles. The minimum Gasteiger partial charge on any atom is -0.496 e. The fourth-order valence-corrected chi connectivity index (χ4v) is 7.22. The van der Waals surface area contributed by atoms with Gasteiger partial charge in [0.2, 0.25) is 0 Å². The quantitative estimate of drug-likeness (QED) is 0.184. The number of pyridine rings is 2. The van der Waals surface area contributed by atoms with Crippen molar-refractivity contribution in [3.63, 3.8) is 0 Å². The lowest BCUT2D eigenvalue weighted by Gasteiger charge is -2.52. The van der Waals surface area contributed by atoms with Crippen molar-refractivity contribution in [1.82, 2.24) is 15.1 Å². The largest absolute Gasteiger partial charge is 0.496 e. The van der Waals surface area contributed by atoms with Crippen molar-refractivity contribution in [3.05, 3.63) is 63.5 Å². The van der Waals surface area contributed by atoms with Gasteiger partial charge in [-0.05, 0) is 57.4 Å². The van der Waals surface area contributed by atoms with Crippen LogP contribution in [0.15, 0.2) is 35.1 Å². The summed E-state index contributed by atoms with van der Waals surface area (Å²) in [6, 6.07) is 4.19. The second kappa shape index (κ2) is 11.2. The van der Waals surface area contributed by atoms with E-state index in [1.807, 2.05) is 0 Å². The van der Waals surface area contributed by atoms with Gasteiger partial charge in [0.1, 0.15) is 28.5 Å². The Morgan fingerprint density at radius 2 is 1.80 bits per heavy atom. The van der Waals surface area contributed by atoms with Gasteiger partial charge in [0.05, 0.1) is 36.0 Å². The summed E-state index contributed by atoms with van der Waals surface area (Å²) in [6.45, 7) is 0.802. The maximum atomic E-state index is 15.0. The van der Waals surface area contributed by atoms with E-state index in [9.17, 15) is 9.90 Å². The fourth-order valence-electron chi connectivity index (χ4n) is 6.68. The lowest BCUT2D eigenvalue weighted by molar-refractivity contribution is -0.150. The van der Waals surface area contributed by atoms with Crippen molar-refractivity contribution in [1.29, 1.82) is 0 Å². The third kappa shape index (κ3) is 5.26. The second-order valence-electron chi connectivity index (χ2n) is 12.2. The Balaban J connectivity index is 1.04. The molecular formula is C32H30Cl2FN3O6. The van der Waals surface area contributed by atoms with Crippen LogP contribution >= 0.6 is 23.2 Å². The summed E-state index contributed by atoms with van der Waals surface area (Å²) in [5.74, 6) is -0.156. The number of aromatic nitrogens is 3. The Hall–Kier alpha value is -3.47. The number of fused-ring (bicyclic) bond motifs is 4. The molecule has 4 aliphatic rings. The molecule has 1 N–H and O–H groups in total. The topological polar surface area (TPSA) is 117 Å². The van der Waals surface area contributed by atoms with Gasteiger partial charge in [-0.3, -0.25) is 4.98 Å². The Kier molecular flexibility index (Phi) is 7.42. The highest BCUT2D eigenvalue weighted by molar-refractivity contribution is 6.38. The van der Waals surface area contributed by atoms with E-state index < -0.39 is 11.8 Å². The minimum atomic E-state index is -1.26. The molecule has 0 radical (unpaired) electrons. The van der Waals surface area contributed by atoms with Crippen LogP contribution in [-0.2, 0) is 11.3 Å². The monoisotopic (exact) mass is 641 g/mol. The van der Waals surface area contributed by atoms with E-state index in [2.05, 4.69) is 15.1 Å². The normalized spacial score (nSPS) is 22.8. The van der Waals surface area contributed by atoms with Crippen LogP contribution in [0.25, 0.3) is 22.2 Å². The molecule has 4 saturated carbocycles. The summed E-state index contributed by atoms with van der Waals surface area (Å²) in [5.41, 5.74) is 1.48. The van der Waals surface area contributed by atoms with E-state index in [1.54, 1.807) is 18.5 Å². The molecule has 9 nitrogen and oxygen atoms in total. The lowest BCUT2D eigenvalue weighted by Crippen LogP contribution is -2.49. The number of ether oxygens (including phenoxy) is 3. The number of methoxy groups -OCH3 is 1. The van der Waals surface area contributed by atoms with E-state index in [4.69, 9.17) is 41.9 Å². The van der Waals surface area contributed by atoms with Crippen LogP contribution < -0.4 is 9.47 Å². The van der Waals surface area contributed by atoms with Gasteiger partial charge >= 0.3 is 5.97 Å². The van der Waals surface area contributed by atoms with Crippen molar-refractivity contribution < 1.29 is 33.0 Å². The van der Waals surface area contributed by atoms with Gasteiger partial charge in [-0.25, -0.2) is 14.2 Å². The molecule has 4 aromatic rings. The molecule has 0 atom stereocenters. The molecule has 3 aromatic heterocycles. The smallest absolute Gasteiger partial charge is 0.354 e. The molecule has 0 amide bonds. The Bertz CT molecular complexity index is 1730. The molecular weight excluding hydrogens is 612 g/mol. The van der Waals surface area contributed by atoms with E-state index in [0.717, 1.165) is 62.7 Å². The molecule has 44 heavy (non-hydrogen) atoms. The highest BCUT2D eigenvalue weighted by Gasteiger charge is 2.50. The summed E-state index contributed by atoms with van der Waals surface area (Å²) in [6.07, 6.45) is 10.6. The van der Waals surface area contributed by atoms with E-state index in [1.165, 1.54) is 19.2 Å². The van der Waals surface area contributed by atoms with Crippen LogP contribution in [0.2, 0.25) is 10.0 Å². The number of carboxylic acid groups (broad SMARTS) is 1. The highest BCUT2D eigenvalue weighted by Crippen LogP contribution is 2.55. The average molecular weight is 643 g/mol. The van der Waals surface area contributed by atoms with Crippen LogP contribution in [0, 0.1) is 11.2 Å². The summed E-state index contributed by atoms with van der Waals surface area (Å²) < 4.78 is 39.1. The van der Waals surface area contributed by atoms with E-state index in [0.29, 0.717) is 51.6 Å². The van der Waals surface area contributed by atoms with Gasteiger partial charge in [-0.1, -0.05) is 28.4 Å². The molecule has 12 heteroatoms. The van der Waals surface area contributed by atoms with E-state index >= 15 is 4.39 Å². The third-order valence-corrected chi connectivity index (χ3v) is 10.1. The summed E-state index contributed by atoms with van der Waals surface area (Å²) in [5, 5.41) is 14.9. The molecule has 0 aliphatic heterocycles. The predicted molar refractivity (Wildman–Crippen MR) is 160 cm³/mol. The molecule has 8 rings (SSSR count). The Morgan fingerprint density at radius 1 is 1.09 bits per heavy atom. The first-order valence-corrected chi connectivity index (χ1v) is 15.4. The number of rotatable bonds is 10. The van der Waals surface area contributed by atoms with Crippen molar-refractivity contribution in [3.8, 4) is 22.8 Å². The van der Waals surface area contributed by atoms with E-state index in [-0.39, 0.29) is 28.0 Å². The van der Waals surface area contributed by atoms with Crippen LogP contribution in [0.3, 0.4) is 0 Å². The van der Waals surface area contributed by atoms with Crippen molar-refractivity contribution in [2.24, 2.45) is 5.41 Å².